The fraction of sp³-hybridized carbons (Fsp3) is 0.316. The number of nitrogen functional groups attached to an aromatic ring is 1. The first kappa shape index (κ1) is 20.2. The number of ether oxygens (including phenoxy) is 2. The Morgan fingerprint density at radius 1 is 1.27 bits per heavy atom. The molecule has 0 aliphatic heterocycles. The smallest absolute Gasteiger partial charge is 0.255 e. The van der Waals surface area contributed by atoms with Crippen LogP contribution < -0.4 is 20.5 Å². The first-order valence-electron chi connectivity index (χ1n) is 8.24. The molecule has 26 heavy (non-hydrogen) atoms. The molecular weight excluding hydrogens is 375 g/mol. The van der Waals surface area contributed by atoms with E-state index in [1.807, 2.05) is 24.3 Å². The van der Waals surface area contributed by atoms with Gasteiger partial charge in [-0.05, 0) is 31.4 Å². The molecule has 0 saturated heterocycles. The van der Waals surface area contributed by atoms with Gasteiger partial charge >= 0.3 is 0 Å². The topological polar surface area (TPSA) is 73.6 Å². The van der Waals surface area contributed by atoms with Crippen LogP contribution >= 0.6 is 24.0 Å². The van der Waals surface area contributed by atoms with Crippen molar-refractivity contribution in [1.82, 2.24) is 5.32 Å². The Balaban J connectivity index is 0.00000243. The molecule has 0 atom stereocenters. The number of carbonyl (C=O) groups excluding carboxylic acids is 1. The summed E-state index contributed by atoms with van der Waals surface area (Å²) in [5.74, 6) is 0.922. The number of nitrogens with one attached hydrogen (secondary N) is 1. The zero-order valence-corrected chi connectivity index (χ0v) is 16.0. The number of carbonyl (C=O) groups is 1. The number of para-hydroxylation sites is 1. The van der Waals surface area contributed by atoms with E-state index in [1.54, 1.807) is 6.07 Å². The summed E-state index contributed by atoms with van der Waals surface area (Å²) in [6.07, 6.45) is 3.66. The summed E-state index contributed by atoms with van der Waals surface area (Å²) >= 11 is 6.03. The molecule has 7 heteroatoms. The van der Waals surface area contributed by atoms with E-state index in [0.717, 1.165) is 24.2 Å². The van der Waals surface area contributed by atoms with Crippen LogP contribution in [0.2, 0.25) is 5.02 Å². The van der Waals surface area contributed by atoms with E-state index in [9.17, 15) is 4.79 Å². The van der Waals surface area contributed by atoms with Gasteiger partial charge in [-0.1, -0.05) is 29.8 Å². The highest BCUT2D eigenvalue weighted by molar-refractivity contribution is 6.33. The molecule has 1 fully saturated rings. The van der Waals surface area contributed by atoms with Gasteiger partial charge in [-0.25, -0.2) is 0 Å². The van der Waals surface area contributed by atoms with Crippen molar-refractivity contribution in [2.75, 3.05) is 12.8 Å². The van der Waals surface area contributed by atoms with Crippen LogP contribution in [0.4, 0.5) is 5.69 Å². The van der Waals surface area contributed by atoms with Crippen molar-refractivity contribution < 1.29 is 14.3 Å². The molecule has 0 spiro atoms. The number of hydrogen-bond donors (Lipinski definition) is 2. The van der Waals surface area contributed by atoms with Crippen molar-refractivity contribution in [2.45, 2.75) is 31.9 Å². The van der Waals surface area contributed by atoms with Crippen LogP contribution in [0, 0.1) is 0 Å². The van der Waals surface area contributed by atoms with Crippen molar-refractivity contribution >= 4 is 35.6 Å². The van der Waals surface area contributed by atoms with Gasteiger partial charge in [-0.3, -0.25) is 4.79 Å². The van der Waals surface area contributed by atoms with Crippen molar-refractivity contribution in [1.29, 1.82) is 0 Å². The lowest BCUT2D eigenvalue weighted by Gasteiger charge is -2.27. The van der Waals surface area contributed by atoms with Crippen molar-refractivity contribution in [3.8, 4) is 11.5 Å². The Morgan fingerprint density at radius 3 is 2.65 bits per heavy atom. The van der Waals surface area contributed by atoms with Crippen molar-refractivity contribution in [3.63, 3.8) is 0 Å². The van der Waals surface area contributed by atoms with Gasteiger partial charge in [-0.15, -0.1) is 12.4 Å². The summed E-state index contributed by atoms with van der Waals surface area (Å²) in [7, 11) is 1.49. The van der Waals surface area contributed by atoms with Gasteiger partial charge in [0.05, 0.1) is 29.5 Å². The quantitative estimate of drug-likeness (QED) is 0.716. The molecule has 0 heterocycles. The highest BCUT2D eigenvalue weighted by Crippen LogP contribution is 2.30. The minimum absolute atomic E-state index is 0. The number of halogens is 2. The molecule has 1 aliphatic rings. The van der Waals surface area contributed by atoms with E-state index in [4.69, 9.17) is 26.8 Å². The van der Waals surface area contributed by atoms with E-state index in [2.05, 4.69) is 5.32 Å². The molecule has 3 rings (SSSR count). The van der Waals surface area contributed by atoms with Crippen LogP contribution in [0.5, 0.6) is 11.5 Å². The third-order valence-electron chi connectivity index (χ3n) is 4.32. The Hall–Kier alpha value is -2.11. The second kappa shape index (κ2) is 9.01. The number of rotatable bonds is 6. The molecule has 1 aliphatic carbocycles. The van der Waals surface area contributed by atoms with E-state index < -0.39 is 0 Å². The second-order valence-corrected chi connectivity index (χ2v) is 6.44. The SMILES string of the molecule is COc1cc(N)c(Cl)cc1C(=O)NCc1ccccc1OC1CCC1.Cl. The first-order valence-corrected chi connectivity index (χ1v) is 8.62. The fourth-order valence-corrected chi connectivity index (χ4v) is 2.78. The zero-order chi connectivity index (χ0) is 17.8. The maximum atomic E-state index is 12.5. The Kier molecular flexibility index (Phi) is 7.00. The third-order valence-corrected chi connectivity index (χ3v) is 4.65. The predicted octanol–water partition coefficient (Wildman–Crippen LogP) is 4.21. The van der Waals surface area contributed by atoms with Crippen LogP contribution in [-0.2, 0) is 6.54 Å². The number of methoxy groups -OCH3 is 1. The molecule has 2 aromatic carbocycles. The average Bonchev–Trinajstić information content (AvgIpc) is 2.58. The standard InChI is InChI=1S/C19H21ClN2O3.ClH/c1-24-18-10-16(21)15(20)9-14(18)19(23)22-11-12-5-2-3-8-17(12)25-13-6-4-7-13;/h2-3,5,8-10,13H,4,6-7,11,21H2,1H3,(H,22,23);1H. The molecule has 1 amide bonds. The normalized spacial score (nSPS) is 13.3. The van der Waals surface area contributed by atoms with Gasteiger partial charge in [0.2, 0.25) is 0 Å². The van der Waals surface area contributed by atoms with Crippen LogP contribution in [0.25, 0.3) is 0 Å². The lowest BCUT2D eigenvalue weighted by Crippen LogP contribution is -2.27. The molecule has 5 nitrogen and oxygen atoms in total. The summed E-state index contributed by atoms with van der Waals surface area (Å²) in [6, 6.07) is 10.8. The van der Waals surface area contributed by atoms with E-state index >= 15 is 0 Å². The molecule has 0 aromatic heterocycles. The number of amides is 1. The minimum atomic E-state index is -0.280. The predicted molar refractivity (Wildman–Crippen MR) is 106 cm³/mol. The maximum Gasteiger partial charge on any atom is 0.255 e. The van der Waals surface area contributed by atoms with E-state index in [1.165, 1.54) is 19.6 Å². The Morgan fingerprint density at radius 2 is 2.00 bits per heavy atom. The highest BCUT2D eigenvalue weighted by Gasteiger charge is 2.20. The summed E-state index contributed by atoms with van der Waals surface area (Å²) in [5, 5.41) is 3.21. The van der Waals surface area contributed by atoms with Gasteiger partial charge in [0.25, 0.3) is 5.91 Å². The summed E-state index contributed by atoms with van der Waals surface area (Å²) in [6.45, 7) is 0.354. The summed E-state index contributed by atoms with van der Waals surface area (Å²) in [5.41, 5.74) is 7.40. The molecule has 2 aromatic rings. The average molecular weight is 397 g/mol. The maximum absolute atomic E-state index is 12.5. The Labute approximate surface area is 164 Å². The molecule has 0 radical (unpaired) electrons. The molecular formula is C19H22Cl2N2O3. The largest absolute Gasteiger partial charge is 0.496 e. The Bertz CT molecular complexity index is 779. The summed E-state index contributed by atoms with van der Waals surface area (Å²) < 4.78 is 11.2. The van der Waals surface area contributed by atoms with Crippen LogP contribution in [0.1, 0.15) is 35.2 Å². The van der Waals surface area contributed by atoms with Crippen LogP contribution in [-0.4, -0.2) is 19.1 Å². The lowest BCUT2D eigenvalue weighted by molar-refractivity contribution is 0.0946. The van der Waals surface area contributed by atoms with Gasteiger partial charge < -0.3 is 20.5 Å². The molecule has 1 saturated carbocycles. The first-order chi connectivity index (χ1) is 12.1. The van der Waals surface area contributed by atoms with Crippen LogP contribution in [0.3, 0.4) is 0 Å². The molecule has 3 N–H and O–H groups in total. The van der Waals surface area contributed by atoms with Gasteiger partial charge in [-0.2, -0.15) is 0 Å². The van der Waals surface area contributed by atoms with Gasteiger partial charge in [0, 0.05) is 18.2 Å². The van der Waals surface area contributed by atoms with Gasteiger partial charge in [0.15, 0.2) is 0 Å². The molecule has 140 valence electrons. The molecule has 0 bridgehead atoms. The summed E-state index contributed by atoms with van der Waals surface area (Å²) in [4.78, 5) is 12.5. The van der Waals surface area contributed by atoms with Crippen molar-refractivity contribution in [3.05, 3.63) is 52.5 Å². The number of benzene rings is 2. The van der Waals surface area contributed by atoms with E-state index in [-0.39, 0.29) is 24.4 Å². The highest BCUT2D eigenvalue weighted by atomic mass is 35.5. The number of hydrogen-bond acceptors (Lipinski definition) is 4. The lowest BCUT2D eigenvalue weighted by atomic mass is 9.96. The van der Waals surface area contributed by atoms with Crippen LogP contribution in [0.15, 0.2) is 36.4 Å². The number of nitrogens with two attached hydrogens (primary N) is 1. The van der Waals surface area contributed by atoms with E-state index in [0.29, 0.717) is 28.6 Å². The monoisotopic (exact) mass is 396 g/mol. The minimum Gasteiger partial charge on any atom is -0.496 e. The third kappa shape index (κ3) is 4.54. The second-order valence-electron chi connectivity index (χ2n) is 6.04. The zero-order valence-electron chi connectivity index (χ0n) is 14.5. The number of anilines is 1. The van der Waals surface area contributed by atoms with Crippen molar-refractivity contribution in [2.24, 2.45) is 0 Å². The fourth-order valence-electron chi connectivity index (χ4n) is 2.62. The van der Waals surface area contributed by atoms with Gasteiger partial charge in [0.1, 0.15) is 11.5 Å². The molecule has 0 unspecified atom stereocenters.